The molecule has 0 aliphatic carbocycles. The molecule has 0 radical (unpaired) electrons. The van der Waals surface area contributed by atoms with E-state index < -0.39 is 12.2 Å². The van der Waals surface area contributed by atoms with Gasteiger partial charge in [0.1, 0.15) is 0 Å². The Kier molecular flexibility index (Phi) is 11.2. The van der Waals surface area contributed by atoms with Crippen molar-refractivity contribution in [1.82, 2.24) is 10.5 Å². The van der Waals surface area contributed by atoms with Crippen LogP contribution in [0.5, 0.6) is 0 Å². The van der Waals surface area contributed by atoms with Gasteiger partial charge in [-0.05, 0) is 48.2 Å². The summed E-state index contributed by atoms with van der Waals surface area (Å²) in [6.07, 6.45) is 2.24. The first-order valence-electron chi connectivity index (χ1n) is 14.3. The molecular formula is C32H35N3O6S2. The average Bonchev–Trinajstić information content (AvgIpc) is 3.47. The minimum Gasteiger partial charge on any atom is -0.392 e. The minimum atomic E-state index is -0.633. The average molecular weight is 622 g/mol. The maximum Gasteiger partial charge on any atom is 0.243 e. The van der Waals surface area contributed by atoms with Gasteiger partial charge in [0, 0.05) is 36.3 Å². The molecular weight excluding hydrogens is 587 g/mol. The third-order valence-electron chi connectivity index (χ3n) is 7.16. The number of ether oxygens (including phenoxy) is 2. The number of unbranched alkanes of at least 4 members (excludes halogenated alkanes) is 2. The molecule has 4 aromatic rings. The quantitative estimate of drug-likeness (QED) is 0.0575. The maximum absolute atomic E-state index is 12.6. The van der Waals surface area contributed by atoms with Gasteiger partial charge in [0.25, 0.3) is 0 Å². The number of hydrogen-bond donors (Lipinski definition) is 4. The second kappa shape index (κ2) is 15.4. The van der Waals surface area contributed by atoms with Crippen molar-refractivity contribution in [1.29, 1.82) is 0 Å². The number of thiazole rings is 1. The summed E-state index contributed by atoms with van der Waals surface area (Å²) in [7, 11) is 0. The number of thioether (sulfide) groups is 1. The van der Waals surface area contributed by atoms with Gasteiger partial charge in [-0.3, -0.25) is 14.8 Å². The number of benzene rings is 3. The molecule has 0 spiro atoms. The van der Waals surface area contributed by atoms with Gasteiger partial charge in [-0.2, -0.15) is 0 Å². The highest BCUT2D eigenvalue weighted by Gasteiger charge is 2.32. The predicted molar refractivity (Wildman–Crippen MR) is 167 cm³/mol. The molecule has 43 heavy (non-hydrogen) atoms. The summed E-state index contributed by atoms with van der Waals surface area (Å²) in [6.45, 7) is -0.0155. The molecule has 0 saturated carbocycles. The molecule has 9 nitrogen and oxygen atoms in total. The van der Waals surface area contributed by atoms with Crippen LogP contribution in [0.15, 0.2) is 77.1 Å². The van der Waals surface area contributed by atoms with Crippen LogP contribution in [0.4, 0.5) is 5.69 Å². The summed E-state index contributed by atoms with van der Waals surface area (Å²) in [4.78, 5) is 28.4. The van der Waals surface area contributed by atoms with Gasteiger partial charge in [0.15, 0.2) is 10.6 Å². The first-order valence-corrected chi connectivity index (χ1v) is 16.1. The van der Waals surface area contributed by atoms with Crippen molar-refractivity contribution in [3.8, 4) is 0 Å². The molecule has 3 atom stereocenters. The van der Waals surface area contributed by atoms with Crippen LogP contribution in [0.3, 0.4) is 0 Å². The van der Waals surface area contributed by atoms with Gasteiger partial charge in [-0.15, -0.1) is 11.3 Å². The third kappa shape index (κ3) is 8.85. The van der Waals surface area contributed by atoms with E-state index in [9.17, 15) is 14.7 Å². The molecule has 5 rings (SSSR count). The van der Waals surface area contributed by atoms with Crippen molar-refractivity contribution in [2.24, 2.45) is 0 Å². The number of carbonyl (C=O) groups excluding carboxylic acids is 2. The highest BCUT2D eigenvalue weighted by Crippen LogP contribution is 2.40. The number of para-hydroxylation sites is 1. The van der Waals surface area contributed by atoms with E-state index in [1.807, 2.05) is 66.7 Å². The Labute approximate surface area is 258 Å². The molecule has 4 N–H and O–H groups in total. The van der Waals surface area contributed by atoms with E-state index in [1.54, 1.807) is 28.6 Å². The Morgan fingerprint density at radius 1 is 0.930 bits per heavy atom. The number of anilines is 1. The van der Waals surface area contributed by atoms with Crippen LogP contribution < -0.4 is 10.8 Å². The van der Waals surface area contributed by atoms with Crippen LogP contribution in [0.1, 0.15) is 67.6 Å². The maximum atomic E-state index is 12.6. The smallest absolute Gasteiger partial charge is 0.243 e. The fraction of sp³-hybridized carbons (Fsp3) is 0.344. The molecule has 1 aromatic heterocycles. The zero-order valence-corrected chi connectivity index (χ0v) is 25.2. The topological polar surface area (TPSA) is 130 Å². The highest BCUT2D eigenvalue weighted by atomic mass is 32.2. The Hall–Kier alpha value is -3.32. The summed E-state index contributed by atoms with van der Waals surface area (Å²) in [5.41, 5.74) is 5.93. The van der Waals surface area contributed by atoms with Crippen LogP contribution in [0, 0.1) is 0 Å². The summed E-state index contributed by atoms with van der Waals surface area (Å²) >= 11 is 3.36. The summed E-state index contributed by atoms with van der Waals surface area (Å²) in [5, 5.41) is 21.0. The van der Waals surface area contributed by atoms with Gasteiger partial charge in [0.2, 0.25) is 11.8 Å². The number of rotatable bonds is 13. The predicted octanol–water partition coefficient (Wildman–Crippen LogP) is 6.52. The molecule has 2 heterocycles. The summed E-state index contributed by atoms with van der Waals surface area (Å²) < 4.78 is 15.1. The largest absolute Gasteiger partial charge is 0.392 e. The third-order valence-corrected chi connectivity index (χ3v) is 9.47. The lowest BCUT2D eigenvalue weighted by atomic mass is 10.0. The lowest BCUT2D eigenvalue weighted by Crippen LogP contribution is -2.31. The van der Waals surface area contributed by atoms with E-state index in [1.165, 1.54) is 0 Å². The number of hydroxylamine groups is 1. The van der Waals surface area contributed by atoms with Crippen LogP contribution in [-0.4, -0.2) is 39.0 Å². The van der Waals surface area contributed by atoms with E-state index in [2.05, 4.69) is 11.4 Å². The van der Waals surface area contributed by atoms with E-state index in [4.69, 9.17) is 19.7 Å². The first-order chi connectivity index (χ1) is 21.0. The van der Waals surface area contributed by atoms with Crippen molar-refractivity contribution < 1.29 is 29.4 Å². The summed E-state index contributed by atoms with van der Waals surface area (Å²) in [5.74, 6) is 0.179. The second-order valence-electron chi connectivity index (χ2n) is 10.4. The number of hydrogen-bond acceptors (Lipinski definition) is 9. The Morgan fingerprint density at radius 2 is 1.72 bits per heavy atom. The van der Waals surface area contributed by atoms with Gasteiger partial charge in [-0.25, -0.2) is 10.5 Å². The number of aliphatic hydroxyl groups is 1. The molecule has 1 aliphatic rings. The highest BCUT2D eigenvalue weighted by molar-refractivity contribution is 8.01. The van der Waals surface area contributed by atoms with E-state index >= 15 is 0 Å². The van der Waals surface area contributed by atoms with Crippen molar-refractivity contribution >= 4 is 50.8 Å². The van der Waals surface area contributed by atoms with Crippen LogP contribution in [0.25, 0.3) is 10.2 Å². The number of nitrogens with zero attached hydrogens (tertiary/aromatic N) is 1. The van der Waals surface area contributed by atoms with Gasteiger partial charge in [-0.1, -0.05) is 66.7 Å². The van der Waals surface area contributed by atoms with Gasteiger partial charge >= 0.3 is 0 Å². The van der Waals surface area contributed by atoms with Crippen molar-refractivity contribution in [2.75, 3.05) is 11.1 Å². The van der Waals surface area contributed by atoms with Crippen molar-refractivity contribution in [3.05, 3.63) is 89.5 Å². The van der Waals surface area contributed by atoms with Crippen molar-refractivity contribution in [2.45, 2.75) is 68.0 Å². The number of aromatic nitrogens is 1. The Balaban J connectivity index is 1.24. The standard InChI is InChI=1S/C32H35N3O6S2/c36-19-21-13-15-22(16-14-21)27-18-25(20-42-32-34-26-9-4-5-10-28(26)43-32)40-31(41-27)23-7-6-8-24(17-23)33-29(37)11-2-1-3-12-30(38)35-39/h4-10,13-17,25,27,31,36,39H,1-3,11-12,18-20H2,(H,33,37)(H,35,38)/t25-,27+,31+/m0/s1. The van der Waals surface area contributed by atoms with Gasteiger partial charge in [0.05, 0.1) is 29.0 Å². The molecule has 1 fully saturated rings. The first kappa shape index (κ1) is 31.1. The Bertz CT molecular complexity index is 1480. The lowest BCUT2D eigenvalue weighted by molar-refractivity contribution is -0.245. The zero-order chi connectivity index (χ0) is 30.0. The van der Waals surface area contributed by atoms with Crippen LogP contribution in [-0.2, 0) is 25.7 Å². The fourth-order valence-corrected chi connectivity index (χ4v) is 7.00. The molecule has 1 saturated heterocycles. The second-order valence-corrected chi connectivity index (χ2v) is 12.7. The molecule has 3 aromatic carbocycles. The molecule has 226 valence electrons. The minimum absolute atomic E-state index is 0.0155. The molecule has 0 bridgehead atoms. The molecule has 11 heteroatoms. The normalized spacial score (nSPS) is 18.4. The van der Waals surface area contributed by atoms with E-state index in [0.29, 0.717) is 43.5 Å². The van der Waals surface area contributed by atoms with Crippen LogP contribution in [0.2, 0.25) is 0 Å². The van der Waals surface area contributed by atoms with Crippen LogP contribution >= 0.6 is 23.1 Å². The lowest BCUT2D eigenvalue weighted by Gasteiger charge is -2.36. The summed E-state index contributed by atoms with van der Waals surface area (Å²) in [6, 6.07) is 23.4. The molecule has 2 amide bonds. The Morgan fingerprint density at radius 3 is 2.49 bits per heavy atom. The fourth-order valence-electron chi connectivity index (χ4n) is 4.89. The molecule has 0 unspecified atom stereocenters. The zero-order valence-electron chi connectivity index (χ0n) is 23.6. The van der Waals surface area contributed by atoms with E-state index in [-0.39, 0.29) is 31.1 Å². The van der Waals surface area contributed by atoms with Crippen molar-refractivity contribution in [3.63, 3.8) is 0 Å². The van der Waals surface area contributed by atoms with E-state index in [0.717, 1.165) is 31.2 Å². The number of aliphatic hydroxyl groups excluding tert-OH is 1. The van der Waals surface area contributed by atoms with Gasteiger partial charge < -0.3 is 19.9 Å². The number of amides is 2. The molecule has 1 aliphatic heterocycles. The monoisotopic (exact) mass is 621 g/mol. The number of carbonyl (C=O) groups is 2. The SMILES string of the molecule is O=C(CCCCCC(=O)Nc1cccc([C@@H]2O[C@H](CSc3nc4ccccc4s3)C[C@H](c3ccc(CO)cc3)O2)c1)NO. The number of nitrogens with one attached hydrogen (secondary N) is 2. The number of fused-ring (bicyclic) bond motifs is 1.